The van der Waals surface area contributed by atoms with Crippen LogP contribution in [0.15, 0.2) is 29.2 Å². The van der Waals surface area contributed by atoms with Crippen LogP contribution < -0.4 is 9.62 Å². The van der Waals surface area contributed by atoms with Gasteiger partial charge in [-0.15, -0.1) is 0 Å². The Hall–Kier alpha value is -2.52. The highest BCUT2D eigenvalue weighted by molar-refractivity contribution is 7.89. The Labute approximate surface area is 178 Å². The van der Waals surface area contributed by atoms with Crippen LogP contribution in [-0.4, -0.2) is 61.9 Å². The van der Waals surface area contributed by atoms with Crippen LogP contribution in [0.4, 0.5) is 5.82 Å². The molecule has 0 spiro atoms. The molecule has 3 rings (SSSR count). The van der Waals surface area contributed by atoms with Crippen molar-refractivity contribution in [2.24, 2.45) is 0 Å². The zero-order chi connectivity index (χ0) is 21.9. The second kappa shape index (κ2) is 9.09. The van der Waals surface area contributed by atoms with Crippen molar-refractivity contribution in [3.63, 3.8) is 0 Å². The van der Waals surface area contributed by atoms with Crippen LogP contribution in [0.1, 0.15) is 29.1 Å². The molecule has 0 saturated carbocycles. The molecule has 1 aromatic heterocycles. The Balaban J connectivity index is 1.49. The van der Waals surface area contributed by atoms with Gasteiger partial charge in [-0.1, -0.05) is 6.07 Å². The number of carbonyl (C=O) groups excluding carboxylic acids is 1. The maximum absolute atomic E-state index is 12.5. The topological polar surface area (TPSA) is 95.5 Å². The number of hydrogen-bond donors (Lipinski definition) is 1. The van der Waals surface area contributed by atoms with Crippen molar-refractivity contribution in [3.05, 3.63) is 46.9 Å². The highest BCUT2D eigenvalue weighted by Gasteiger charge is 2.23. The van der Waals surface area contributed by atoms with Crippen LogP contribution in [0.5, 0.6) is 0 Å². The second-order valence-corrected chi connectivity index (χ2v) is 9.44. The fourth-order valence-corrected chi connectivity index (χ4v) is 4.58. The minimum absolute atomic E-state index is 0.0486. The standard InChI is InChI=1S/C21H29N5O3S/c1-15-5-6-19(13-16(15)2)30(28,29)22-8-7-21(27)26-11-9-25(10-12-26)20-14-17(3)23-18(4)24-20/h5-6,13-14,22H,7-12H2,1-4H3. The van der Waals surface area contributed by atoms with E-state index in [4.69, 9.17) is 0 Å². The van der Waals surface area contributed by atoms with Crippen LogP contribution >= 0.6 is 0 Å². The van der Waals surface area contributed by atoms with Crippen molar-refractivity contribution in [3.8, 4) is 0 Å². The lowest BCUT2D eigenvalue weighted by Gasteiger charge is -2.35. The van der Waals surface area contributed by atoms with E-state index < -0.39 is 10.0 Å². The molecule has 8 nitrogen and oxygen atoms in total. The maximum atomic E-state index is 12.5. The molecule has 1 aromatic carbocycles. The molecule has 0 radical (unpaired) electrons. The number of nitrogens with one attached hydrogen (secondary N) is 1. The number of benzene rings is 1. The van der Waals surface area contributed by atoms with E-state index in [2.05, 4.69) is 19.6 Å². The Morgan fingerprint density at radius 1 is 1.00 bits per heavy atom. The highest BCUT2D eigenvalue weighted by Crippen LogP contribution is 2.16. The second-order valence-electron chi connectivity index (χ2n) is 7.68. The normalized spacial score (nSPS) is 14.8. The largest absolute Gasteiger partial charge is 0.353 e. The molecule has 1 aliphatic rings. The molecule has 1 aliphatic heterocycles. The van der Waals surface area contributed by atoms with Gasteiger partial charge in [0.1, 0.15) is 11.6 Å². The van der Waals surface area contributed by atoms with Crippen molar-refractivity contribution in [2.75, 3.05) is 37.6 Å². The lowest BCUT2D eigenvalue weighted by molar-refractivity contribution is -0.131. The van der Waals surface area contributed by atoms with Crippen molar-refractivity contribution >= 4 is 21.7 Å². The van der Waals surface area contributed by atoms with E-state index in [1.165, 1.54) is 0 Å². The van der Waals surface area contributed by atoms with Crippen molar-refractivity contribution in [1.82, 2.24) is 19.6 Å². The van der Waals surface area contributed by atoms with Gasteiger partial charge in [0.15, 0.2) is 0 Å². The number of nitrogens with zero attached hydrogens (tertiary/aromatic N) is 4. The Kier molecular flexibility index (Phi) is 6.72. The molecule has 1 fully saturated rings. The van der Waals surface area contributed by atoms with Crippen LogP contribution in [0.2, 0.25) is 0 Å². The first-order valence-electron chi connectivity index (χ1n) is 10.1. The molecule has 30 heavy (non-hydrogen) atoms. The predicted molar refractivity (Wildman–Crippen MR) is 116 cm³/mol. The summed E-state index contributed by atoms with van der Waals surface area (Å²) in [5, 5.41) is 0. The maximum Gasteiger partial charge on any atom is 0.240 e. The third-order valence-corrected chi connectivity index (χ3v) is 6.79. The number of aromatic nitrogens is 2. The minimum atomic E-state index is -3.62. The summed E-state index contributed by atoms with van der Waals surface area (Å²) in [6.45, 7) is 10.3. The fraction of sp³-hybridized carbons (Fsp3) is 0.476. The Morgan fingerprint density at radius 3 is 2.33 bits per heavy atom. The van der Waals surface area contributed by atoms with Gasteiger partial charge in [0.05, 0.1) is 4.90 Å². The lowest BCUT2D eigenvalue weighted by Crippen LogP contribution is -2.49. The monoisotopic (exact) mass is 431 g/mol. The minimum Gasteiger partial charge on any atom is -0.353 e. The summed E-state index contributed by atoms with van der Waals surface area (Å²) in [5.41, 5.74) is 2.88. The Morgan fingerprint density at radius 2 is 1.70 bits per heavy atom. The van der Waals surface area contributed by atoms with Crippen LogP contribution in [-0.2, 0) is 14.8 Å². The van der Waals surface area contributed by atoms with Gasteiger partial charge in [-0.05, 0) is 51.0 Å². The molecular formula is C21H29N5O3S. The predicted octanol–water partition coefficient (Wildman–Crippen LogP) is 1.73. The number of amides is 1. The van der Waals surface area contributed by atoms with Crippen LogP contribution in [0.3, 0.4) is 0 Å². The van der Waals surface area contributed by atoms with E-state index in [9.17, 15) is 13.2 Å². The fourth-order valence-electron chi connectivity index (χ4n) is 3.46. The smallest absolute Gasteiger partial charge is 0.240 e. The number of rotatable bonds is 6. The molecule has 1 amide bonds. The average molecular weight is 432 g/mol. The molecule has 2 heterocycles. The van der Waals surface area contributed by atoms with Gasteiger partial charge in [0.2, 0.25) is 15.9 Å². The summed E-state index contributed by atoms with van der Waals surface area (Å²) in [6, 6.07) is 6.97. The summed E-state index contributed by atoms with van der Waals surface area (Å²) >= 11 is 0. The number of sulfonamides is 1. The molecular weight excluding hydrogens is 402 g/mol. The number of anilines is 1. The molecule has 0 unspecified atom stereocenters. The molecule has 2 aromatic rings. The molecule has 1 saturated heterocycles. The molecule has 162 valence electrons. The van der Waals surface area contributed by atoms with Gasteiger partial charge < -0.3 is 9.80 Å². The zero-order valence-electron chi connectivity index (χ0n) is 18.0. The summed E-state index contributed by atoms with van der Waals surface area (Å²) < 4.78 is 27.4. The first kappa shape index (κ1) is 22.2. The van der Waals surface area contributed by atoms with Gasteiger partial charge >= 0.3 is 0 Å². The van der Waals surface area contributed by atoms with E-state index in [1.54, 1.807) is 23.1 Å². The van der Waals surface area contributed by atoms with Gasteiger partial charge in [0.25, 0.3) is 0 Å². The highest BCUT2D eigenvalue weighted by atomic mass is 32.2. The first-order valence-corrected chi connectivity index (χ1v) is 11.6. The van der Waals surface area contributed by atoms with E-state index in [-0.39, 0.29) is 23.8 Å². The van der Waals surface area contributed by atoms with Crippen LogP contribution in [0, 0.1) is 27.7 Å². The quantitative estimate of drug-likeness (QED) is 0.748. The van der Waals surface area contributed by atoms with E-state index >= 15 is 0 Å². The third-order valence-electron chi connectivity index (χ3n) is 5.33. The number of piperazine rings is 1. The molecule has 0 aliphatic carbocycles. The van der Waals surface area contributed by atoms with Crippen LogP contribution in [0.25, 0.3) is 0 Å². The van der Waals surface area contributed by atoms with Crippen molar-refractivity contribution in [1.29, 1.82) is 0 Å². The van der Waals surface area contributed by atoms with Gasteiger partial charge in [0, 0.05) is 50.9 Å². The number of aryl methyl sites for hydroxylation is 4. The van der Waals surface area contributed by atoms with E-state index in [0.717, 1.165) is 28.5 Å². The molecule has 9 heteroatoms. The summed E-state index contributed by atoms with van der Waals surface area (Å²) in [4.78, 5) is 25.4. The first-order chi connectivity index (χ1) is 14.2. The van der Waals surface area contributed by atoms with E-state index in [1.807, 2.05) is 33.8 Å². The van der Waals surface area contributed by atoms with Gasteiger partial charge in [-0.2, -0.15) is 0 Å². The number of hydrogen-bond acceptors (Lipinski definition) is 6. The number of carbonyl (C=O) groups is 1. The lowest BCUT2D eigenvalue weighted by atomic mass is 10.1. The summed E-state index contributed by atoms with van der Waals surface area (Å²) in [5.74, 6) is 1.57. The molecule has 1 N–H and O–H groups in total. The van der Waals surface area contributed by atoms with Gasteiger partial charge in [-0.25, -0.2) is 23.1 Å². The van der Waals surface area contributed by atoms with E-state index in [0.29, 0.717) is 26.2 Å². The molecule has 0 atom stereocenters. The van der Waals surface area contributed by atoms with Gasteiger partial charge in [-0.3, -0.25) is 4.79 Å². The van der Waals surface area contributed by atoms with Crippen molar-refractivity contribution < 1.29 is 13.2 Å². The van der Waals surface area contributed by atoms with Crippen molar-refractivity contribution in [2.45, 2.75) is 39.0 Å². The summed E-state index contributed by atoms with van der Waals surface area (Å²) in [6.07, 6.45) is 0.135. The zero-order valence-corrected chi connectivity index (χ0v) is 18.8. The molecule has 0 bridgehead atoms. The Bertz CT molecular complexity index is 1010. The third kappa shape index (κ3) is 5.34. The SMILES string of the molecule is Cc1cc(N2CCN(C(=O)CCNS(=O)(=O)c3ccc(C)c(C)c3)CC2)nc(C)n1. The average Bonchev–Trinajstić information content (AvgIpc) is 2.69. The summed E-state index contributed by atoms with van der Waals surface area (Å²) in [7, 11) is -3.62.